The summed E-state index contributed by atoms with van der Waals surface area (Å²) in [5, 5.41) is 14.8. The topological polar surface area (TPSA) is 90.7 Å². The van der Waals surface area contributed by atoms with Crippen LogP contribution in [-0.4, -0.2) is 15.9 Å². The minimum absolute atomic E-state index is 0.211. The maximum Gasteiger partial charge on any atom is 0.255 e. The number of amides is 1. The molecular weight excluding hydrogens is 333 g/mol. The van der Waals surface area contributed by atoms with Gasteiger partial charge in [0.05, 0.1) is 0 Å². The first kappa shape index (κ1) is 17.0. The van der Waals surface area contributed by atoms with Crippen molar-refractivity contribution in [2.45, 2.75) is 6.54 Å². The zero-order valence-corrected chi connectivity index (χ0v) is 13.6. The molecular formula is C19H14FN5O. The third-order valence-electron chi connectivity index (χ3n) is 3.54. The van der Waals surface area contributed by atoms with Crippen LogP contribution in [0.4, 0.5) is 15.9 Å². The highest BCUT2D eigenvalue weighted by atomic mass is 19.1. The summed E-state index contributed by atoms with van der Waals surface area (Å²) in [6, 6.07) is 14.6. The molecule has 26 heavy (non-hydrogen) atoms. The maximum absolute atomic E-state index is 13.2. The van der Waals surface area contributed by atoms with Crippen molar-refractivity contribution in [3.05, 3.63) is 83.6 Å². The van der Waals surface area contributed by atoms with Crippen LogP contribution in [-0.2, 0) is 6.54 Å². The second-order valence-electron chi connectivity index (χ2n) is 5.38. The van der Waals surface area contributed by atoms with Gasteiger partial charge in [-0.3, -0.25) is 4.79 Å². The predicted molar refractivity (Wildman–Crippen MR) is 94.9 cm³/mol. The van der Waals surface area contributed by atoms with E-state index in [1.807, 2.05) is 12.1 Å². The Morgan fingerprint density at radius 3 is 2.73 bits per heavy atom. The first-order valence-corrected chi connectivity index (χ1v) is 7.76. The summed E-state index contributed by atoms with van der Waals surface area (Å²) in [7, 11) is 0. The third kappa shape index (κ3) is 4.19. The number of nitrogens with zero attached hydrogens (tertiary/aromatic N) is 3. The smallest absolute Gasteiger partial charge is 0.255 e. The van der Waals surface area contributed by atoms with Gasteiger partial charge in [-0.1, -0.05) is 18.2 Å². The van der Waals surface area contributed by atoms with Crippen LogP contribution < -0.4 is 10.6 Å². The van der Waals surface area contributed by atoms with E-state index in [-0.39, 0.29) is 11.3 Å². The Hall–Kier alpha value is -3.79. The Balaban J connectivity index is 1.68. The number of carbonyl (C=O) groups is 1. The number of nitriles is 1. The number of hydrogen-bond donors (Lipinski definition) is 2. The van der Waals surface area contributed by atoms with Crippen LogP contribution in [0, 0.1) is 17.1 Å². The van der Waals surface area contributed by atoms with Gasteiger partial charge in [-0.25, -0.2) is 14.4 Å². The summed E-state index contributed by atoms with van der Waals surface area (Å²) in [6.45, 7) is 0.400. The molecule has 1 amide bonds. The molecule has 0 unspecified atom stereocenters. The normalized spacial score (nSPS) is 10.0. The molecule has 1 aromatic heterocycles. The molecule has 0 fully saturated rings. The Bertz CT molecular complexity index is 983. The molecule has 1 heterocycles. The van der Waals surface area contributed by atoms with E-state index in [4.69, 9.17) is 5.26 Å². The molecule has 3 aromatic rings. The molecule has 3 rings (SSSR count). The second-order valence-corrected chi connectivity index (χ2v) is 5.38. The fourth-order valence-corrected chi connectivity index (χ4v) is 2.33. The third-order valence-corrected chi connectivity index (χ3v) is 3.54. The predicted octanol–water partition coefficient (Wildman–Crippen LogP) is 3.35. The molecule has 0 saturated carbocycles. The lowest BCUT2D eigenvalue weighted by atomic mass is 10.1. The van der Waals surface area contributed by atoms with Gasteiger partial charge >= 0.3 is 0 Å². The number of halogens is 1. The van der Waals surface area contributed by atoms with E-state index in [2.05, 4.69) is 20.6 Å². The van der Waals surface area contributed by atoms with Gasteiger partial charge in [0.15, 0.2) is 11.5 Å². The van der Waals surface area contributed by atoms with Crippen molar-refractivity contribution in [3.8, 4) is 6.07 Å². The Morgan fingerprint density at radius 2 is 1.92 bits per heavy atom. The summed E-state index contributed by atoms with van der Waals surface area (Å²) in [5.74, 6) is -0.465. The van der Waals surface area contributed by atoms with Crippen LogP contribution >= 0.6 is 0 Å². The van der Waals surface area contributed by atoms with E-state index >= 15 is 0 Å². The molecule has 0 radical (unpaired) electrons. The van der Waals surface area contributed by atoms with Crippen molar-refractivity contribution in [1.82, 2.24) is 9.97 Å². The van der Waals surface area contributed by atoms with E-state index in [1.54, 1.807) is 24.3 Å². The lowest BCUT2D eigenvalue weighted by molar-refractivity contribution is 0.102. The van der Waals surface area contributed by atoms with Gasteiger partial charge in [0.1, 0.15) is 11.9 Å². The van der Waals surface area contributed by atoms with Gasteiger partial charge in [0, 0.05) is 30.2 Å². The van der Waals surface area contributed by atoms with Crippen LogP contribution in [0.2, 0.25) is 0 Å². The number of anilines is 2. The number of rotatable bonds is 5. The molecule has 7 heteroatoms. The monoisotopic (exact) mass is 347 g/mol. The largest absolute Gasteiger partial charge is 0.364 e. The summed E-state index contributed by atoms with van der Waals surface area (Å²) in [6.07, 6.45) is 2.95. The lowest BCUT2D eigenvalue weighted by Crippen LogP contribution is -2.12. The highest BCUT2D eigenvalue weighted by Crippen LogP contribution is 2.15. The van der Waals surface area contributed by atoms with Gasteiger partial charge in [0.2, 0.25) is 0 Å². The van der Waals surface area contributed by atoms with Gasteiger partial charge < -0.3 is 10.6 Å². The Morgan fingerprint density at radius 1 is 1.12 bits per heavy atom. The van der Waals surface area contributed by atoms with Crippen LogP contribution in [0.1, 0.15) is 21.6 Å². The summed E-state index contributed by atoms with van der Waals surface area (Å²) in [4.78, 5) is 20.2. The molecule has 0 bridgehead atoms. The Labute approximate surface area is 149 Å². The first-order chi connectivity index (χ1) is 12.7. The highest BCUT2D eigenvalue weighted by Gasteiger charge is 2.08. The van der Waals surface area contributed by atoms with Crippen LogP contribution in [0.5, 0.6) is 0 Å². The number of benzene rings is 2. The first-order valence-electron chi connectivity index (χ1n) is 7.76. The lowest BCUT2D eigenvalue weighted by Gasteiger charge is -2.09. The van der Waals surface area contributed by atoms with E-state index in [1.165, 1.54) is 30.6 Å². The molecule has 0 aliphatic rings. The van der Waals surface area contributed by atoms with Crippen LogP contribution in [0.25, 0.3) is 0 Å². The quantitative estimate of drug-likeness (QED) is 0.738. The van der Waals surface area contributed by atoms with Crippen molar-refractivity contribution >= 4 is 17.4 Å². The molecule has 0 aliphatic heterocycles. The zero-order chi connectivity index (χ0) is 18.4. The van der Waals surface area contributed by atoms with Crippen molar-refractivity contribution in [2.24, 2.45) is 0 Å². The standard InChI is InChI=1S/C19H14FN5O/c20-15-5-2-4-14(10-15)19(26)25-16-6-1-3-13(9-16)12-24-18-17(11-21)22-7-8-23-18/h1-10H,12H2,(H,23,24)(H,25,26). The maximum atomic E-state index is 13.2. The molecule has 0 atom stereocenters. The fraction of sp³-hybridized carbons (Fsp3) is 0.0526. The fourth-order valence-electron chi connectivity index (χ4n) is 2.33. The number of carbonyl (C=O) groups excluding carboxylic acids is 1. The molecule has 0 spiro atoms. The number of hydrogen-bond acceptors (Lipinski definition) is 5. The Kier molecular flexibility index (Phi) is 5.15. The van der Waals surface area contributed by atoms with E-state index < -0.39 is 11.7 Å². The molecule has 6 nitrogen and oxygen atoms in total. The minimum atomic E-state index is -0.465. The van der Waals surface area contributed by atoms with Crippen molar-refractivity contribution < 1.29 is 9.18 Å². The minimum Gasteiger partial charge on any atom is -0.364 e. The van der Waals surface area contributed by atoms with E-state index in [9.17, 15) is 9.18 Å². The van der Waals surface area contributed by atoms with E-state index in [0.717, 1.165) is 5.56 Å². The summed E-state index contributed by atoms with van der Waals surface area (Å²) < 4.78 is 13.2. The summed E-state index contributed by atoms with van der Waals surface area (Å²) in [5.41, 5.74) is 1.91. The van der Waals surface area contributed by atoms with Gasteiger partial charge in [0.25, 0.3) is 5.91 Å². The molecule has 2 N–H and O–H groups in total. The average Bonchev–Trinajstić information content (AvgIpc) is 2.67. The van der Waals surface area contributed by atoms with Crippen LogP contribution in [0.15, 0.2) is 60.9 Å². The molecule has 0 aliphatic carbocycles. The van der Waals surface area contributed by atoms with Crippen molar-refractivity contribution in [2.75, 3.05) is 10.6 Å². The van der Waals surface area contributed by atoms with Gasteiger partial charge in [-0.05, 0) is 35.9 Å². The SMILES string of the molecule is N#Cc1nccnc1NCc1cccc(NC(=O)c2cccc(F)c2)c1. The highest BCUT2D eigenvalue weighted by molar-refractivity contribution is 6.04. The van der Waals surface area contributed by atoms with Crippen molar-refractivity contribution in [3.63, 3.8) is 0 Å². The van der Waals surface area contributed by atoms with Crippen LogP contribution in [0.3, 0.4) is 0 Å². The molecule has 0 saturated heterocycles. The second kappa shape index (κ2) is 7.85. The van der Waals surface area contributed by atoms with Gasteiger partial charge in [-0.2, -0.15) is 5.26 Å². The average molecular weight is 347 g/mol. The number of nitrogens with one attached hydrogen (secondary N) is 2. The molecule has 2 aromatic carbocycles. The van der Waals surface area contributed by atoms with E-state index in [0.29, 0.717) is 18.1 Å². The van der Waals surface area contributed by atoms with Crippen molar-refractivity contribution in [1.29, 1.82) is 5.26 Å². The zero-order valence-electron chi connectivity index (χ0n) is 13.6. The molecule has 128 valence electrons. The summed E-state index contributed by atoms with van der Waals surface area (Å²) >= 11 is 0. The van der Waals surface area contributed by atoms with Gasteiger partial charge in [-0.15, -0.1) is 0 Å². The number of aromatic nitrogens is 2.